The molecule has 3 rings (SSSR count). The average Bonchev–Trinajstić information content (AvgIpc) is 2.68. The Balaban J connectivity index is 1.68. The Bertz CT molecular complexity index is 751. The Morgan fingerprint density at radius 3 is 2.31 bits per heavy atom. The van der Waals surface area contributed by atoms with Crippen LogP contribution in [0.25, 0.3) is 0 Å². The molecule has 0 amide bonds. The number of benzene rings is 1. The molecule has 0 spiro atoms. The van der Waals surface area contributed by atoms with Crippen LogP contribution < -0.4 is 19.1 Å². The van der Waals surface area contributed by atoms with Crippen LogP contribution >= 0.6 is 11.6 Å². The van der Waals surface area contributed by atoms with Gasteiger partial charge in [0.15, 0.2) is 11.5 Å². The molecule has 0 radical (unpaired) electrons. The molecule has 7 nitrogen and oxygen atoms in total. The van der Waals surface area contributed by atoms with Crippen molar-refractivity contribution in [3.8, 4) is 17.2 Å². The molecular formula is C18H23ClN4O3. The van der Waals surface area contributed by atoms with Gasteiger partial charge in [0, 0.05) is 38.3 Å². The second-order valence-corrected chi connectivity index (χ2v) is 6.34. The van der Waals surface area contributed by atoms with E-state index in [-0.39, 0.29) is 0 Å². The molecule has 1 aromatic carbocycles. The maximum atomic E-state index is 5.94. The van der Waals surface area contributed by atoms with Gasteiger partial charge in [-0.2, -0.15) is 0 Å². The number of halogens is 1. The Morgan fingerprint density at radius 1 is 0.962 bits per heavy atom. The first-order valence-electron chi connectivity index (χ1n) is 8.39. The van der Waals surface area contributed by atoms with Crippen LogP contribution in [-0.4, -0.2) is 62.4 Å². The third-order valence-corrected chi connectivity index (χ3v) is 4.65. The summed E-state index contributed by atoms with van der Waals surface area (Å²) in [6.07, 6.45) is 3.30. The van der Waals surface area contributed by atoms with Gasteiger partial charge in [0.2, 0.25) is 5.75 Å². The molecular weight excluding hydrogens is 356 g/mol. The van der Waals surface area contributed by atoms with Crippen molar-refractivity contribution < 1.29 is 14.2 Å². The van der Waals surface area contributed by atoms with E-state index in [1.165, 1.54) is 0 Å². The molecule has 1 fully saturated rings. The Labute approximate surface area is 158 Å². The van der Waals surface area contributed by atoms with Crippen LogP contribution in [0, 0.1) is 0 Å². The van der Waals surface area contributed by atoms with Crippen LogP contribution in [0.15, 0.2) is 24.5 Å². The zero-order valence-electron chi connectivity index (χ0n) is 15.2. The predicted molar refractivity (Wildman–Crippen MR) is 101 cm³/mol. The number of nitrogens with zero attached hydrogens (tertiary/aromatic N) is 4. The number of hydrogen-bond donors (Lipinski definition) is 0. The molecule has 0 aliphatic carbocycles. The van der Waals surface area contributed by atoms with Gasteiger partial charge in [0.1, 0.15) is 11.0 Å². The molecule has 1 saturated heterocycles. The Morgan fingerprint density at radius 2 is 1.69 bits per heavy atom. The highest BCUT2D eigenvalue weighted by atomic mass is 35.5. The molecule has 2 aromatic rings. The van der Waals surface area contributed by atoms with E-state index < -0.39 is 0 Å². The summed E-state index contributed by atoms with van der Waals surface area (Å²) in [6, 6.07) is 3.93. The molecule has 140 valence electrons. The highest BCUT2D eigenvalue weighted by Gasteiger charge is 2.22. The number of aromatic nitrogens is 2. The summed E-state index contributed by atoms with van der Waals surface area (Å²) >= 11 is 5.94. The van der Waals surface area contributed by atoms with E-state index in [1.54, 1.807) is 33.7 Å². The van der Waals surface area contributed by atoms with Gasteiger partial charge >= 0.3 is 0 Å². The van der Waals surface area contributed by atoms with Gasteiger partial charge < -0.3 is 19.1 Å². The summed E-state index contributed by atoms with van der Waals surface area (Å²) < 4.78 is 16.4. The van der Waals surface area contributed by atoms with E-state index in [4.69, 9.17) is 25.8 Å². The molecule has 1 aliphatic heterocycles. The van der Waals surface area contributed by atoms with E-state index >= 15 is 0 Å². The lowest BCUT2D eigenvalue weighted by molar-refractivity contribution is 0.243. The van der Waals surface area contributed by atoms with Crippen LogP contribution in [0.2, 0.25) is 5.15 Å². The lowest BCUT2D eigenvalue weighted by atomic mass is 10.1. The Kier molecular flexibility index (Phi) is 6.00. The van der Waals surface area contributed by atoms with Crippen molar-refractivity contribution in [2.45, 2.75) is 6.54 Å². The first-order valence-corrected chi connectivity index (χ1v) is 8.76. The largest absolute Gasteiger partial charge is 0.493 e. The summed E-state index contributed by atoms with van der Waals surface area (Å²) in [5.41, 5.74) is 1.07. The number of piperazine rings is 1. The predicted octanol–water partition coefficient (Wildman–Crippen LogP) is 2.48. The van der Waals surface area contributed by atoms with Crippen LogP contribution in [0.3, 0.4) is 0 Å². The van der Waals surface area contributed by atoms with Crippen molar-refractivity contribution in [2.75, 3.05) is 52.4 Å². The lowest BCUT2D eigenvalue weighted by Crippen LogP contribution is -2.46. The van der Waals surface area contributed by atoms with E-state index in [9.17, 15) is 0 Å². The second-order valence-electron chi connectivity index (χ2n) is 5.96. The summed E-state index contributed by atoms with van der Waals surface area (Å²) in [4.78, 5) is 13.0. The molecule has 2 heterocycles. The van der Waals surface area contributed by atoms with Gasteiger partial charge in [-0.1, -0.05) is 17.7 Å². The summed E-state index contributed by atoms with van der Waals surface area (Å²) in [5, 5.41) is 0.417. The molecule has 1 aromatic heterocycles. The quantitative estimate of drug-likeness (QED) is 0.765. The minimum Gasteiger partial charge on any atom is -0.493 e. The number of hydrogen-bond acceptors (Lipinski definition) is 7. The zero-order chi connectivity index (χ0) is 18.5. The van der Waals surface area contributed by atoms with Crippen molar-refractivity contribution in [2.24, 2.45) is 0 Å². The van der Waals surface area contributed by atoms with Crippen LogP contribution in [0.1, 0.15) is 5.56 Å². The summed E-state index contributed by atoms with van der Waals surface area (Å²) in [5.74, 6) is 2.83. The molecule has 26 heavy (non-hydrogen) atoms. The van der Waals surface area contributed by atoms with Crippen LogP contribution in [0.4, 0.5) is 5.82 Å². The number of methoxy groups -OCH3 is 3. The van der Waals surface area contributed by atoms with Gasteiger partial charge in [-0.3, -0.25) is 9.88 Å². The number of rotatable bonds is 6. The maximum Gasteiger partial charge on any atom is 0.203 e. The SMILES string of the molecule is COc1ccc(CN2CCN(c3cncc(Cl)n3)CC2)c(OC)c1OC. The monoisotopic (exact) mass is 378 g/mol. The third-order valence-electron chi connectivity index (χ3n) is 4.47. The minimum atomic E-state index is 0.417. The van der Waals surface area contributed by atoms with E-state index in [1.807, 2.05) is 12.1 Å². The molecule has 0 atom stereocenters. The fraction of sp³-hybridized carbons (Fsp3) is 0.444. The number of ether oxygens (including phenoxy) is 3. The fourth-order valence-electron chi connectivity index (χ4n) is 3.15. The first kappa shape index (κ1) is 18.5. The zero-order valence-corrected chi connectivity index (χ0v) is 16.0. The van der Waals surface area contributed by atoms with Gasteiger partial charge in [-0.25, -0.2) is 4.98 Å². The molecule has 8 heteroatoms. The average molecular weight is 379 g/mol. The first-order chi connectivity index (χ1) is 12.7. The lowest BCUT2D eigenvalue weighted by Gasteiger charge is -2.35. The molecule has 1 aliphatic rings. The summed E-state index contributed by atoms with van der Waals surface area (Å²) in [7, 11) is 4.89. The number of anilines is 1. The highest BCUT2D eigenvalue weighted by molar-refractivity contribution is 6.29. The highest BCUT2D eigenvalue weighted by Crippen LogP contribution is 2.40. The fourth-order valence-corrected chi connectivity index (χ4v) is 3.29. The minimum absolute atomic E-state index is 0.417. The van der Waals surface area contributed by atoms with Crippen LogP contribution in [-0.2, 0) is 6.54 Å². The van der Waals surface area contributed by atoms with Gasteiger partial charge in [-0.05, 0) is 6.07 Å². The molecule has 0 unspecified atom stereocenters. The second kappa shape index (κ2) is 8.42. The van der Waals surface area contributed by atoms with E-state index in [0.717, 1.165) is 49.9 Å². The molecule has 0 N–H and O–H groups in total. The van der Waals surface area contributed by atoms with Crippen molar-refractivity contribution in [3.05, 3.63) is 35.2 Å². The summed E-state index contributed by atoms with van der Waals surface area (Å²) in [6.45, 7) is 4.32. The Hall–Kier alpha value is -2.25. The van der Waals surface area contributed by atoms with E-state index in [0.29, 0.717) is 16.7 Å². The maximum absolute atomic E-state index is 5.94. The van der Waals surface area contributed by atoms with Crippen molar-refractivity contribution in [3.63, 3.8) is 0 Å². The van der Waals surface area contributed by atoms with Crippen LogP contribution in [0.5, 0.6) is 17.2 Å². The van der Waals surface area contributed by atoms with Crippen molar-refractivity contribution in [1.82, 2.24) is 14.9 Å². The van der Waals surface area contributed by atoms with Crippen molar-refractivity contribution in [1.29, 1.82) is 0 Å². The smallest absolute Gasteiger partial charge is 0.203 e. The molecule has 0 saturated carbocycles. The van der Waals surface area contributed by atoms with Gasteiger partial charge in [0.25, 0.3) is 0 Å². The van der Waals surface area contributed by atoms with Crippen molar-refractivity contribution >= 4 is 17.4 Å². The third kappa shape index (κ3) is 3.94. The van der Waals surface area contributed by atoms with E-state index in [2.05, 4.69) is 19.8 Å². The van der Waals surface area contributed by atoms with Gasteiger partial charge in [0.05, 0.1) is 33.7 Å². The van der Waals surface area contributed by atoms with Gasteiger partial charge in [-0.15, -0.1) is 0 Å². The normalized spacial score (nSPS) is 15.0. The molecule has 0 bridgehead atoms. The topological polar surface area (TPSA) is 60.0 Å². The standard InChI is InChI=1S/C18H23ClN4O3/c1-24-14-5-4-13(17(25-2)18(14)26-3)12-22-6-8-23(9-7-22)16-11-20-10-15(19)21-16/h4-5,10-11H,6-9,12H2,1-3H3.